The average Bonchev–Trinajstić information content (AvgIpc) is 3.29. The summed E-state index contributed by atoms with van der Waals surface area (Å²) in [5.41, 5.74) is -3.41. The Kier molecular flexibility index (Phi) is 7.08. The number of carbonyl (C=O) groups is 1. The van der Waals surface area contributed by atoms with Gasteiger partial charge in [-0.25, -0.2) is 13.0 Å². The van der Waals surface area contributed by atoms with Crippen molar-refractivity contribution >= 4 is 44.5 Å². The molecule has 2 atom stereocenters. The van der Waals surface area contributed by atoms with Gasteiger partial charge in [-0.2, -0.15) is 17.5 Å². The average molecular weight is 577 g/mol. The minimum Gasteiger partial charge on any atom is -0.374 e. The van der Waals surface area contributed by atoms with Crippen LogP contribution in [0.5, 0.6) is 0 Å². The smallest absolute Gasteiger partial charge is 0.374 e. The molecule has 0 aliphatic carbocycles. The second kappa shape index (κ2) is 9.70. The topological polar surface area (TPSA) is 68.1 Å². The molecule has 0 saturated carbocycles. The van der Waals surface area contributed by atoms with Crippen LogP contribution in [0.2, 0.25) is 10.0 Å². The summed E-state index contributed by atoms with van der Waals surface area (Å²) in [6.07, 6.45) is -4.58. The molecule has 0 radical (unpaired) electrons. The summed E-state index contributed by atoms with van der Waals surface area (Å²) >= 11 is 11.4. The molecule has 5 nitrogen and oxygen atoms in total. The minimum absolute atomic E-state index is 0.00609. The third kappa shape index (κ3) is 5.21. The van der Waals surface area contributed by atoms with E-state index in [0.29, 0.717) is 0 Å². The molecule has 1 amide bonds. The predicted molar refractivity (Wildman–Crippen MR) is 128 cm³/mol. The molecular weight excluding hydrogens is 562 g/mol. The lowest BCUT2D eigenvalue weighted by Gasteiger charge is -2.29. The molecule has 1 heterocycles. The van der Waals surface area contributed by atoms with Crippen LogP contribution in [-0.4, -0.2) is 28.3 Å². The van der Waals surface area contributed by atoms with E-state index in [0.717, 1.165) is 24.3 Å². The number of oxime groups is 1. The van der Waals surface area contributed by atoms with Crippen LogP contribution in [0.25, 0.3) is 0 Å². The molecule has 3 aromatic rings. The molecule has 0 aromatic heterocycles. The van der Waals surface area contributed by atoms with Crippen molar-refractivity contribution in [3.63, 3.8) is 0 Å². The number of hydrogen-bond acceptors (Lipinski definition) is 4. The van der Waals surface area contributed by atoms with Gasteiger partial charge in [-0.1, -0.05) is 46.6 Å². The van der Waals surface area contributed by atoms with E-state index in [1.807, 2.05) is 0 Å². The minimum atomic E-state index is -4.98. The van der Waals surface area contributed by atoms with Gasteiger partial charge in [0.05, 0.1) is 30.4 Å². The Labute approximate surface area is 218 Å². The molecule has 3 aromatic carbocycles. The number of amides is 1. The van der Waals surface area contributed by atoms with Crippen molar-refractivity contribution in [1.82, 2.24) is 0 Å². The van der Waals surface area contributed by atoms with Crippen LogP contribution in [0.15, 0.2) is 75.1 Å². The molecule has 1 aliphatic rings. The first kappa shape index (κ1) is 27.0. The number of rotatable bonds is 4. The van der Waals surface area contributed by atoms with Crippen LogP contribution in [0.1, 0.15) is 27.9 Å². The highest BCUT2D eigenvalue weighted by atomic mass is 35.5. The summed E-state index contributed by atoms with van der Waals surface area (Å²) in [5.74, 6) is -2.57. The largest absolute Gasteiger partial charge is 0.435 e. The van der Waals surface area contributed by atoms with Crippen LogP contribution in [0, 0.1) is 11.6 Å². The normalized spacial score (nSPS) is 19.1. The molecule has 4 rings (SSSR count). The standard InChI is InChI=1S/C24H15Cl2F5N2O3S/c1-37(35,17-4-2-3-16(27)11-17)33-22(34)14-7-5-13(6-8-14)20-12-23(36-32-20,24(29,30)31)15-9-18(25)21(28)19(26)10-15/h2-11H,12H2,1H3. The van der Waals surface area contributed by atoms with Crippen molar-refractivity contribution in [1.29, 1.82) is 0 Å². The maximum absolute atomic E-state index is 14.2. The van der Waals surface area contributed by atoms with Crippen molar-refractivity contribution in [2.24, 2.45) is 9.52 Å². The third-order valence-electron chi connectivity index (χ3n) is 5.59. The van der Waals surface area contributed by atoms with Gasteiger partial charge in [0.2, 0.25) is 0 Å². The van der Waals surface area contributed by atoms with Crippen LogP contribution < -0.4 is 0 Å². The highest BCUT2D eigenvalue weighted by Crippen LogP contribution is 2.50. The Morgan fingerprint density at radius 1 is 1.05 bits per heavy atom. The first-order valence-electron chi connectivity index (χ1n) is 10.3. The van der Waals surface area contributed by atoms with Crippen LogP contribution >= 0.6 is 23.2 Å². The lowest BCUT2D eigenvalue weighted by atomic mass is 9.86. The molecule has 0 spiro atoms. The summed E-state index contributed by atoms with van der Waals surface area (Å²) in [4.78, 5) is 17.5. The Balaban J connectivity index is 1.61. The molecule has 0 bridgehead atoms. The zero-order chi connectivity index (χ0) is 27.2. The summed E-state index contributed by atoms with van der Waals surface area (Å²) in [5, 5.41) is 2.37. The Hall–Kier alpha value is -3.02. The highest BCUT2D eigenvalue weighted by molar-refractivity contribution is 7.93. The van der Waals surface area contributed by atoms with Gasteiger partial charge < -0.3 is 4.84 Å². The second-order valence-corrected chi connectivity index (χ2v) is 11.2. The van der Waals surface area contributed by atoms with Gasteiger partial charge >= 0.3 is 6.18 Å². The maximum atomic E-state index is 14.2. The van der Waals surface area contributed by atoms with Crippen LogP contribution in [0.4, 0.5) is 22.0 Å². The zero-order valence-electron chi connectivity index (χ0n) is 18.7. The van der Waals surface area contributed by atoms with Gasteiger partial charge in [-0.3, -0.25) is 4.79 Å². The van der Waals surface area contributed by atoms with Crippen LogP contribution in [-0.2, 0) is 20.2 Å². The van der Waals surface area contributed by atoms with E-state index in [-0.39, 0.29) is 21.7 Å². The van der Waals surface area contributed by atoms with Gasteiger partial charge in [0.15, 0.2) is 5.82 Å². The van der Waals surface area contributed by atoms with Crippen LogP contribution in [0.3, 0.4) is 0 Å². The Morgan fingerprint density at radius 3 is 2.24 bits per heavy atom. The summed E-state index contributed by atoms with van der Waals surface area (Å²) in [7, 11) is -3.26. The first-order valence-corrected chi connectivity index (χ1v) is 13.0. The molecule has 13 heteroatoms. The zero-order valence-corrected chi connectivity index (χ0v) is 21.0. The van der Waals surface area contributed by atoms with Crippen molar-refractivity contribution in [2.75, 3.05) is 6.26 Å². The number of benzene rings is 3. The maximum Gasteiger partial charge on any atom is 0.435 e. The second-order valence-electron chi connectivity index (χ2n) is 8.12. The first-order chi connectivity index (χ1) is 17.2. The molecule has 37 heavy (non-hydrogen) atoms. The van der Waals surface area contributed by atoms with E-state index in [1.165, 1.54) is 42.7 Å². The molecular formula is C24H15Cl2F5N2O3S. The van der Waals surface area contributed by atoms with Crippen molar-refractivity contribution in [3.05, 3.63) is 99.0 Å². The third-order valence-corrected chi connectivity index (χ3v) is 7.78. The number of hydrogen-bond donors (Lipinski definition) is 0. The SMILES string of the molecule is CS(=O)(=NC(=O)c1ccc(C2=NOC(c3cc(Cl)c(F)c(Cl)c3)(C(F)(F)F)C2)cc1)c1cccc(F)c1. The number of carbonyl (C=O) groups excluding carboxylic acids is 1. The van der Waals surface area contributed by atoms with E-state index >= 15 is 0 Å². The van der Waals surface area contributed by atoms with Gasteiger partial charge in [-0.05, 0) is 48.0 Å². The van der Waals surface area contributed by atoms with E-state index in [2.05, 4.69) is 9.52 Å². The van der Waals surface area contributed by atoms with E-state index in [9.17, 15) is 31.0 Å². The fourth-order valence-electron chi connectivity index (χ4n) is 3.62. The summed E-state index contributed by atoms with van der Waals surface area (Å²) in [6, 6.07) is 11.6. The van der Waals surface area contributed by atoms with Crippen molar-refractivity contribution < 1.29 is 35.8 Å². The van der Waals surface area contributed by atoms with Crippen molar-refractivity contribution in [3.8, 4) is 0 Å². The number of halogens is 7. The predicted octanol–water partition coefficient (Wildman–Crippen LogP) is 7.15. The molecule has 2 unspecified atom stereocenters. The lowest BCUT2D eigenvalue weighted by Crippen LogP contribution is -2.42. The summed E-state index contributed by atoms with van der Waals surface area (Å²) < 4.78 is 86.3. The van der Waals surface area contributed by atoms with E-state index in [1.54, 1.807) is 0 Å². The fraction of sp³-hybridized carbons (Fsp3) is 0.167. The monoisotopic (exact) mass is 576 g/mol. The molecule has 1 aliphatic heterocycles. The highest BCUT2D eigenvalue weighted by Gasteiger charge is 2.62. The number of nitrogens with zero attached hydrogens (tertiary/aromatic N) is 2. The van der Waals surface area contributed by atoms with Crippen molar-refractivity contribution in [2.45, 2.75) is 23.1 Å². The van der Waals surface area contributed by atoms with Gasteiger partial charge in [0.1, 0.15) is 5.82 Å². The Morgan fingerprint density at radius 2 is 1.68 bits per heavy atom. The molecule has 0 saturated heterocycles. The Bertz CT molecular complexity index is 1530. The summed E-state index contributed by atoms with van der Waals surface area (Å²) in [6.45, 7) is 0. The fourth-order valence-corrected chi connectivity index (χ4v) is 5.30. The lowest BCUT2D eigenvalue weighted by molar-refractivity contribution is -0.275. The van der Waals surface area contributed by atoms with Gasteiger partial charge in [-0.15, -0.1) is 0 Å². The van der Waals surface area contributed by atoms with Gasteiger partial charge in [0, 0.05) is 23.8 Å². The van der Waals surface area contributed by atoms with E-state index < -0.39 is 61.1 Å². The number of alkyl halides is 3. The van der Waals surface area contributed by atoms with E-state index in [4.69, 9.17) is 28.0 Å². The molecule has 0 N–H and O–H groups in total. The molecule has 194 valence electrons. The van der Waals surface area contributed by atoms with Gasteiger partial charge in [0.25, 0.3) is 11.5 Å². The quantitative estimate of drug-likeness (QED) is 0.244. The molecule has 0 fully saturated rings.